The first-order valence-corrected chi connectivity index (χ1v) is 6.53. The van der Waals surface area contributed by atoms with Gasteiger partial charge in [0.1, 0.15) is 5.56 Å². The molecule has 0 aromatic heterocycles. The number of carbonyl (C=O) groups excluding carboxylic acids is 1. The minimum absolute atomic E-state index is 0.00236. The second kappa shape index (κ2) is 6.47. The molecule has 0 heterocycles. The molecular weight excluding hydrogens is 260 g/mol. The number of nitrogens with zero attached hydrogens (tertiary/aromatic N) is 1. The summed E-state index contributed by atoms with van der Waals surface area (Å²) in [5.41, 5.74) is -1.29. The summed E-state index contributed by atoms with van der Waals surface area (Å²) in [4.78, 5) is 22.3. The number of aliphatic hydroxyl groups is 1. The van der Waals surface area contributed by atoms with Crippen molar-refractivity contribution in [3.8, 4) is 0 Å². The van der Waals surface area contributed by atoms with Crippen LogP contribution in [0, 0.1) is 16.0 Å². The van der Waals surface area contributed by atoms with Gasteiger partial charge >= 0.3 is 0 Å². The van der Waals surface area contributed by atoms with Crippen LogP contribution < -0.4 is 5.32 Å². The number of amides is 1. The maximum absolute atomic E-state index is 12.0. The Balaban J connectivity index is 2.81. The number of hydrogen-bond donors (Lipinski definition) is 2. The van der Waals surface area contributed by atoms with E-state index in [2.05, 4.69) is 5.32 Å². The molecule has 1 amide bonds. The molecule has 0 aliphatic carbocycles. The summed E-state index contributed by atoms with van der Waals surface area (Å²) < 4.78 is 0. The molecule has 0 saturated heterocycles. The number of nitro benzene ring substituents is 1. The molecular formula is C14H20N2O4. The summed E-state index contributed by atoms with van der Waals surface area (Å²) >= 11 is 0. The van der Waals surface area contributed by atoms with Crippen molar-refractivity contribution in [2.75, 3.05) is 6.54 Å². The summed E-state index contributed by atoms with van der Waals surface area (Å²) in [7, 11) is 0. The Morgan fingerprint density at radius 3 is 2.65 bits per heavy atom. The second-order valence-electron chi connectivity index (χ2n) is 5.12. The van der Waals surface area contributed by atoms with Crippen LogP contribution in [0.25, 0.3) is 0 Å². The highest BCUT2D eigenvalue weighted by molar-refractivity contribution is 5.98. The lowest BCUT2D eigenvalue weighted by molar-refractivity contribution is -0.385. The van der Waals surface area contributed by atoms with Crippen LogP contribution in [0.2, 0.25) is 0 Å². The average Bonchev–Trinajstić information content (AvgIpc) is 2.43. The molecule has 0 bridgehead atoms. The van der Waals surface area contributed by atoms with E-state index >= 15 is 0 Å². The van der Waals surface area contributed by atoms with Crippen molar-refractivity contribution >= 4 is 11.6 Å². The van der Waals surface area contributed by atoms with E-state index in [0.29, 0.717) is 0 Å². The van der Waals surface area contributed by atoms with Gasteiger partial charge in [0, 0.05) is 12.6 Å². The first-order valence-electron chi connectivity index (χ1n) is 6.53. The molecule has 2 unspecified atom stereocenters. The molecule has 2 atom stereocenters. The number of nitro groups is 1. The molecule has 6 heteroatoms. The van der Waals surface area contributed by atoms with Crippen LogP contribution in [0.3, 0.4) is 0 Å². The third-order valence-corrected chi connectivity index (χ3v) is 3.63. The van der Waals surface area contributed by atoms with Crippen LogP contribution in [0.4, 0.5) is 5.69 Å². The Kier molecular flexibility index (Phi) is 5.21. The fourth-order valence-corrected chi connectivity index (χ4v) is 1.79. The standard InChI is InChI=1S/C14H20N2O4/c1-4-10(2)14(3,18)9-15-13(17)11-7-5-6-8-12(11)16(19)20/h5-8,10,18H,4,9H2,1-3H3,(H,15,17). The SMILES string of the molecule is CCC(C)C(C)(O)CNC(=O)c1ccccc1[N+](=O)[O-]. The van der Waals surface area contributed by atoms with E-state index < -0.39 is 16.4 Å². The van der Waals surface area contributed by atoms with E-state index in [1.54, 1.807) is 13.0 Å². The van der Waals surface area contributed by atoms with Gasteiger partial charge < -0.3 is 10.4 Å². The lowest BCUT2D eigenvalue weighted by atomic mass is 9.88. The van der Waals surface area contributed by atoms with Crippen LogP contribution in [-0.4, -0.2) is 28.1 Å². The van der Waals surface area contributed by atoms with Gasteiger partial charge in [0.2, 0.25) is 0 Å². The Labute approximate surface area is 118 Å². The summed E-state index contributed by atoms with van der Waals surface area (Å²) in [5.74, 6) is -0.547. The first-order chi connectivity index (χ1) is 9.29. The summed E-state index contributed by atoms with van der Waals surface area (Å²) in [6, 6.07) is 5.74. The van der Waals surface area contributed by atoms with E-state index in [9.17, 15) is 20.0 Å². The molecule has 0 aliphatic heterocycles. The summed E-state index contributed by atoms with van der Waals surface area (Å²) in [5, 5.41) is 23.6. The number of benzene rings is 1. The topological polar surface area (TPSA) is 92.5 Å². The highest BCUT2D eigenvalue weighted by Crippen LogP contribution is 2.20. The summed E-state index contributed by atoms with van der Waals surface area (Å²) in [6.07, 6.45) is 0.772. The van der Waals surface area contributed by atoms with Crippen molar-refractivity contribution in [3.05, 3.63) is 39.9 Å². The van der Waals surface area contributed by atoms with Crippen LogP contribution in [-0.2, 0) is 0 Å². The third-order valence-electron chi connectivity index (χ3n) is 3.63. The molecule has 6 nitrogen and oxygen atoms in total. The first kappa shape index (κ1) is 16.1. The predicted octanol–water partition coefficient (Wildman–Crippen LogP) is 2.12. The van der Waals surface area contributed by atoms with Gasteiger partial charge in [-0.2, -0.15) is 0 Å². The Morgan fingerprint density at radius 1 is 1.50 bits per heavy atom. The molecule has 0 saturated carbocycles. The van der Waals surface area contributed by atoms with Gasteiger partial charge in [0.25, 0.3) is 11.6 Å². The monoisotopic (exact) mass is 280 g/mol. The minimum Gasteiger partial charge on any atom is -0.388 e. The van der Waals surface area contributed by atoms with E-state index in [4.69, 9.17) is 0 Å². The van der Waals surface area contributed by atoms with Gasteiger partial charge in [-0.05, 0) is 18.9 Å². The molecule has 110 valence electrons. The highest BCUT2D eigenvalue weighted by Gasteiger charge is 2.28. The van der Waals surface area contributed by atoms with Gasteiger partial charge in [-0.1, -0.05) is 32.4 Å². The van der Waals surface area contributed by atoms with E-state index in [1.165, 1.54) is 18.2 Å². The highest BCUT2D eigenvalue weighted by atomic mass is 16.6. The molecule has 2 N–H and O–H groups in total. The average molecular weight is 280 g/mol. The lowest BCUT2D eigenvalue weighted by Gasteiger charge is -2.29. The number of hydrogen-bond acceptors (Lipinski definition) is 4. The fourth-order valence-electron chi connectivity index (χ4n) is 1.79. The van der Waals surface area contributed by atoms with Crippen molar-refractivity contribution < 1.29 is 14.8 Å². The normalized spacial score (nSPS) is 15.2. The lowest BCUT2D eigenvalue weighted by Crippen LogP contribution is -2.45. The molecule has 0 radical (unpaired) electrons. The zero-order valence-corrected chi connectivity index (χ0v) is 11.9. The molecule has 1 aromatic rings. The third kappa shape index (κ3) is 3.77. The molecule has 0 fully saturated rings. The Hall–Kier alpha value is -1.95. The van der Waals surface area contributed by atoms with E-state index in [1.807, 2.05) is 13.8 Å². The number of para-hydroxylation sites is 1. The van der Waals surface area contributed by atoms with Gasteiger partial charge in [-0.25, -0.2) is 0 Å². The molecule has 1 rings (SSSR count). The van der Waals surface area contributed by atoms with E-state index in [0.717, 1.165) is 6.42 Å². The Morgan fingerprint density at radius 2 is 2.10 bits per heavy atom. The van der Waals surface area contributed by atoms with Gasteiger partial charge in [0.05, 0.1) is 10.5 Å². The minimum atomic E-state index is -1.05. The van der Waals surface area contributed by atoms with Crippen LogP contribution in [0.5, 0.6) is 0 Å². The van der Waals surface area contributed by atoms with Crippen LogP contribution in [0.15, 0.2) is 24.3 Å². The van der Waals surface area contributed by atoms with E-state index in [-0.39, 0.29) is 23.7 Å². The molecule has 0 aliphatic rings. The second-order valence-corrected chi connectivity index (χ2v) is 5.12. The number of nitrogens with one attached hydrogen (secondary N) is 1. The van der Waals surface area contributed by atoms with Gasteiger partial charge in [0.15, 0.2) is 0 Å². The van der Waals surface area contributed by atoms with Crippen molar-refractivity contribution in [1.82, 2.24) is 5.32 Å². The summed E-state index contributed by atoms with van der Waals surface area (Å²) in [6.45, 7) is 5.52. The van der Waals surface area contributed by atoms with Crippen LogP contribution >= 0.6 is 0 Å². The largest absolute Gasteiger partial charge is 0.388 e. The number of rotatable bonds is 6. The van der Waals surface area contributed by atoms with Gasteiger partial charge in [-0.3, -0.25) is 14.9 Å². The maximum atomic E-state index is 12.0. The molecule has 1 aromatic carbocycles. The van der Waals surface area contributed by atoms with Crippen LogP contribution in [0.1, 0.15) is 37.6 Å². The van der Waals surface area contributed by atoms with Crippen molar-refractivity contribution in [2.24, 2.45) is 5.92 Å². The Bertz CT molecular complexity index is 500. The zero-order chi connectivity index (χ0) is 15.3. The number of carbonyl (C=O) groups is 1. The van der Waals surface area contributed by atoms with Crippen molar-refractivity contribution in [2.45, 2.75) is 32.8 Å². The fraction of sp³-hybridized carbons (Fsp3) is 0.500. The molecule has 20 heavy (non-hydrogen) atoms. The smallest absolute Gasteiger partial charge is 0.282 e. The quantitative estimate of drug-likeness (QED) is 0.616. The maximum Gasteiger partial charge on any atom is 0.282 e. The predicted molar refractivity (Wildman–Crippen MR) is 75.5 cm³/mol. The van der Waals surface area contributed by atoms with Crippen molar-refractivity contribution in [3.63, 3.8) is 0 Å². The van der Waals surface area contributed by atoms with Gasteiger partial charge in [-0.15, -0.1) is 0 Å². The van der Waals surface area contributed by atoms with Crippen molar-refractivity contribution in [1.29, 1.82) is 0 Å². The zero-order valence-electron chi connectivity index (χ0n) is 11.9. The molecule has 0 spiro atoms.